The van der Waals surface area contributed by atoms with E-state index in [2.05, 4.69) is 33.9 Å². The maximum atomic E-state index is 12.3. The van der Waals surface area contributed by atoms with Crippen LogP contribution in [0.1, 0.15) is 62.7 Å². The first-order valence-corrected chi connectivity index (χ1v) is 10.3. The van der Waals surface area contributed by atoms with Crippen LogP contribution in [-0.4, -0.2) is 53.4 Å². The third kappa shape index (κ3) is 3.94. The van der Waals surface area contributed by atoms with E-state index < -0.39 is 0 Å². The Morgan fingerprint density at radius 2 is 2.00 bits per heavy atom. The van der Waals surface area contributed by atoms with Gasteiger partial charge in [0.05, 0.1) is 0 Å². The molecule has 3 heterocycles. The minimum atomic E-state index is 0.00741. The number of likely N-dealkylation sites (tertiary alicyclic amines) is 1. The van der Waals surface area contributed by atoms with Crippen molar-refractivity contribution in [3.63, 3.8) is 0 Å². The summed E-state index contributed by atoms with van der Waals surface area (Å²) in [5.41, 5.74) is 0.941. The Hall–Kier alpha value is -2.11. The summed E-state index contributed by atoms with van der Waals surface area (Å²) in [6.07, 6.45) is 7.74. The number of piperidine rings is 2. The van der Waals surface area contributed by atoms with Crippen LogP contribution in [0.5, 0.6) is 0 Å². The Bertz CT molecular complexity index is 721. The molecule has 1 aliphatic carbocycles. The number of carbonyl (C=O) groups excluding carboxylic acids is 2. The van der Waals surface area contributed by atoms with Gasteiger partial charge in [-0.25, -0.2) is 4.98 Å². The monoisotopic (exact) mass is 370 g/mol. The van der Waals surface area contributed by atoms with Crippen LogP contribution in [0.3, 0.4) is 0 Å². The lowest BCUT2D eigenvalue weighted by Crippen LogP contribution is -2.53. The number of pyridine rings is 1. The fourth-order valence-corrected chi connectivity index (χ4v) is 4.36. The number of nitrogens with one attached hydrogen (secondary N) is 1. The average Bonchev–Trinajstić information content (AvgIpc) is 3.48. The number of hydrogen-bond acceptors (Lipinski definition) is 4. The van der Waals surface area contributed by atoms with E-state index in [1.54, 1.807) is 12.3 Å². The Balaban J connectivity index is 1.40. The van der Waals surface area contributed by atoms with Gasteiger partial charge in [0.25, 0.3) is 5.91 Å². The van der Waals surface area contributed by atoms with Gasteiger partial charge in [-0.15, -0.1) is 0 Å². The van der Waals surface area contributed by atoms with Crippen LogP contribution < -0.4 is 10.2 Å². The molecule has 0 unspecified atom stereocenters. The summed E-state index contributed by atoms with van der Waals surface area (Å²) >= 11 is 0. The molecular weight excluding hydrogens is 340 g/mol. The molecule has 3 aliphatic rings. The summed E-state index contributed by atoms with van der Waals surface area (Å²) in [6.45, 7) is 6.96. The topological polar surface area (TPSA) is 65.5 Å². The van der Waals surface area contributed by atoms with E-state index in [0.717, 1.165) is 57.6 Å². The highest BCUT2D eigenvalue weighted by atomic mass is 16.2. The van der Waals surface area contributed by atoms with Crippen LogP contribution in [0.15, 0.2) is 18.3 Å². The fourth-order valence-electron chi connectivity index (χ4n) is 4.36. The van der Waals surface area contributed by atoms with Crippen LogP contribution >= 0.6 is 0 Å². The molecular formula is C21H30N4O2. The normalized spacial score (nSPS) is 22.4. The molecule has 1 N–H and O–H groups in total. The second kappa shape index (κ2) is 7.13. The molecule has 146 valence electrons. The molecule has 1 saturated carbocycles. The first kappa shape index (κ1) is 18.3. The van der Waals surface area contributed by atoms with E-state index in [9.17, 15) is 9.59 Å². The number of amides is 2. The van der Waals surface area contributed by atoms with Gasteiger partial charge in [0.1, 0.15) is 5.82 Å². The highest BCUT2D eigenvalue weighted by molar-refractivity contribution is 5.95. The maximum Gasteiger partial charge on any atom is 0.251 e. The molecule has 6 nitrogen and oxygen atoms in total. The van der Waals surface area contributed by atoms with Gasteiger partial charge < -0.3 is 15.1 Å². The molecule has 0 bridgehead atoms. The average molecular weight is 370 g/mol. The van der Waals surface area contributed by atoms with Gasteiger partial charge in [-0.2, -0.15) is 0 Å². The molecule has 27 heavy (non-hydrogen) atoms. The molecule has 3 fully saturated rings. The third-order valence-corrected chi connectivity index (χ3v) is 6.39. The lowest BCUT2D eigenvalue weighted by Gasteiger charge is -2.48. The molecule has 1 aromatic rings. The summed E-state index contributed by atoms with van der Waals surface area (Å²) in [5.74, 6) is 1.20. The van der Waals surface area contributed by atoms with E-state index >= 15 is 0 Å². The summed E-state index contributed by atoms with van der Waals surface area (Å²) in [7, 11) is 0. The molecule has 0 aromatic carbocycles. The summed E-state index contributed by atoms with van der Waals surface area (Å²) < 4.78 is 0. The van der Waals surface area contributed by atoms with Crippen molar-refractivity contribution in [2.75, 3.05) is 24.5 Å². The van der Waals surface area contributed by atoms with E-state index in [4.69, 9.17) is 0 Å². The fraction of sp³-hybridized carbons (Fsp3) is 0.667. The summed E-state index contributed by atoms with van der Waals surface area (Å²) in [4.78, 5) is 33.4. The smallest absolute Gasteiger partial charge is 0.251 e. The Kier molecular flexibility index (Phi) is 4.82. The lowest BCUT2D eigenvalue weighted by molar-refractivity contribution is -0.140. The van der Waals surface area contributed by atoms with Crippen molar-refractivity contribution in [1.82, 2.24) is 15.2 Å². The highest BCUT2D eigenvalue weighted by Crippen LogP contribution is 2.41. The zero-order valence-electron chi connectivity index (χ0n) is 16.4. The van der Waals surface area contributed by atoms with Crippen molar-refractivity contribution in [2.45, 2.75) is 64.5 Å². The van der Waals surface area contributed by atoms with Crippen molar-refractivity contribution < 1.29 is 9.59 Å². The minimum absolute atomic E-state index is 0.00741. The summed E-state index contributed by atoms with van der Waals surface area (Å²) in [6, 6.07) is 4.35. The third-order valence-electron chi connectivity index (χ3n) is 6.39. The SMILES string of the molecule is CC(C)N1CC2(CCC1=O)CCN(c1cc(C(=O)NC3CC3)ccn1)CC2. The molecule has 1 spiro atoms. The van der Waals surface area contributed by atoms with Gasteiger partial charge in [-0.05, 0) is 63.5 Å². The summed E-state index contributed by atoms with van der Waals surface area (Å²) in [5, 5.41) is 3.04. The Labute approximate surface area is 161 Å². The second-order valence-corrected chi connectivity index (χ2v) is 8.75. The van der Waals surface area contributed by atoms with Crippen LogP contribution in [0.4, 0.5) is 5.82 Å². The quantitative estimate of drug-likeness (QED) is 0.885. The van der Waals surface area contributed by atoms with E-state index in [-0.39, 0.29) is 17.4 Å². The first-order valence-electron chi connectivity index (χ1n) is 10.3. The largest absolute Gasteiger partial charge is 0.357 e. The van der Waals surface area contributed by atoms with E-state index in [1.807, 2.05) is 6.07 Å². The first-order chi connectivity index (χ1) is 13.0. The van der Waals surface area contributed by atoms with E-state index in [1.165, 1.54) is 0 Å². The van der Waals surface area contributed by atoms with Gasteiger partial charge in [0, 0.05) is 49.9 Å². The van der Waals surface area contributed by atoms with Crippen LogP contribution in [0.2, 0.25) is 0 Å². The molecule has 1 aromatic heterocycles. The second-order valence-electron chi connectivity index (χ2n) is 8.75. The Morgan fingerprint density at radius 1 is 1.26 bits per heavy atom. The van der Waals surface area contributed by atoms with Gasteiger partial charge in [-0.1, -0.05) is 0 Å². The van der Waals surface area contributed by atoms with Crippen molar-refractivity contribution in [2.24, 2.45) is 5.41 Å². The van der Waals surface area contributed by atoms with Gasteiger partial charge in [0.2, 0.25) is 5.91 Å². The molecule has 2 aliphatic heterocycles. The van der Waals surface area contributed by atoms with Crippen LogP contribution in [-0.2, 0) is 4.79 Å². The van der Waals surface area contributed by atoms with Gasteiger partial charge in [0.15, 0.2) is 0 Å². The minimum Gasteiger partial charge on any atom is -0.357 e. The zero-order chi connectivity index (χ0) is 19.0. The Morgan fingerprint density at radius 3 is 2.67 bits per heavy atom. The molecule has 0 radical (unpaired) electrons. The molecule has 6 heteroatoms. The highest BCUT2D eigenvalue weighted by Gasteiger charge is 2.41. The van der Waals surface area contributed by atoms with Crippen molar-refractivity contribution in [1.29, 1.82) is 0 Å². The number of anilines is 1. The standard InChI is InChI=1S/C21H30N4O2/c1-15(2)25-14-21(7-5-19(25)26)8-11-24(12-9-21)18-13-16(6-10-22-18)20(27)23-17-3-4-17/h6,10,13,15,17H,3-5,7-9,11-12,14H2,1-2H3,(H,23,27). The lowest BCUT2D eigenvalue weighted by atomic mass is 9.72. The van der Waals surface area contributed by atoms with Gasteiger partial charge in [-0.3, -0.25) is 9.59 Å². The predicted molar refractivity (Wildman–Crippen MR) is 105 cm³/mol. The number of nitrogens with zero attached hydrogens (tertiary/aromatic N) is 3. The van der Waals surface area contributed by atoms with Crippen LogP contribution in [0, 0.1) is 5.41 Å². The number of hydrogen-bond donors (Lipinski definition) is 1. The number of aromatic nitrogens is 1. The molecule has 2 saturated heterocycles. The molecule has 0 atom stereocenters. The predicted octanol–water partition coefficient (Wildman–Crippen LogP) is 2.59. The van der Waals surface area contributed by atoms with Crippen molar-refractivity contribution in [3.8, 4) is 0 Å². The van der Waals surface area contributed by atoms with Crippen molar-refractivity contribution in [3.05, 3.63) is 23.9 Å². The molecule has 4 rings (SSSR count). The maximum absolute atomic E-state index is 12.3. The van der Waals surface area contributed by atoms with E-state index in [0.29, 0.717) is 23.9 Å². The van der Waals surface area contributed by atoms with Crippen LogP contribution in [0.25, 0.3) is 0 Å². The zero-order valence-corrected chi connectivity index (χ0v) is 16.4. The number of rotatable bonds is 4. The molecule has 2 amide bonds. The number of carbonyl (C=O) groups is 2. The van der Waals surface area contributed by atoms with Gasteiger partial charge >= 0.3 is 0 Å². The van der Waals surface area contributed by atoms with Crippen molar-refractivity contribution >= 4 is 17.6 Å².